The molecule has 0 aliphatic rings. The third kappa shape index (κ3) is 3.55. The lowest BCUT2D eigenvalue weighted by molar-refractivity contribution is -0.115. The average Bonchev–Trinajstić information content (AvgIpc) is 3.01. The van der Waals surface area contributed by atoms with Gasteiger partial charge in [0.15, 0.2) is 0 Å². The van der Waals surface area contributed by atoms with E-state index in [9.17, 15) is 9.18 Å². The summed E-state index contributed by atoms with van der Waals surface area (Å²) in [6, 6.07) is 15.3. The molecular formula is C21H17FN4O. The predicted molar refractivity (Wildman–Crippen MR) is 102 cm³/mol. The minimum atomic E-state index is -0.316. The van der Waals surface area contributed by atoms with E-state index in [1.165, 1.54) is 12.1 Å². The van der Waals surface area contributed by atoms with Crippen molar-refractivity contribution in [3.8, 4) is 11.3 Å². The van der Waals surface area contributed by atoms with Crippen molar-refractivity contribution in [2.75, 3.05) is 5.32 Å². The molecule has 0 fully saturated rings. The van der Waals surface area contributed by atoms with Gasteiger partial charge in [0.2, 0.25) is 11.7 Å². The summed E-state index contributed by atoms with van der Waals surface area (Å²) in [7, 11) is 0. The minimum absolute atomic E-state index is 0.160. The van der Waals surface area contributed by atoms with Crippen molar-refractivity contribution in [2.45, 2.75) is 13.3 Å². The van der Waals surface area contributed by atoms with E-state index in [0.29, 0.717) is 11.5 Å². The van der Waals surface area contributed by atoms with Crippen molar-refractivity contribution in [2.24, 2.45) is 0 Å². The number of hydrogen-bond donors (Lipinski definition) is 1. The van der Waals surface area contributed by atoms with Crippen LogP contribution in [0.25, 0.3) is 17.0 Å². The summed E-state index contributed by atoms with van der Waals surface area (Å²) in [5.41, 5.74) is 4.14. The van der Waals surface area contributed by atoms with Gasteiger partial charge in [-0.3, -0.25) is 9.20 Å². The fourth-order valence-corrected chi connectivity index (χ4v) is 3.01. The van der Waals surface area contributed by atoms with Crippen LogP contribution in [-0.4, -0.2) is 20.3 Å². The van der Waals surface area contributed by atoms with Crippen molar-refractivity contribution in [3.63, 3.8) is 0 Å². The third-order valence-electron chi connectivity index (χ3n) is 4.34. The number of rotatable bonds is 4. The van der Waals surface area contributed by atoms with Gasteiger partial charge in [-0.25, -0.2) is 14.4 Å². The molecule has 2 aromatic heterocycles. The molecule has 0 aliphatic heterocycles. The van der Waals surface area contributed by atoms with E-state index in [0.717, 1.165) is 22.5 Å². The van der Waals surface area contributed by atoms with Gasteiger partial charge in [-0.2, -0.15) is 0 Å². The summed E-state index contributed by atoms with van der Waals surface area (Å²) < 4.78 is 14.9. The van der Waals surface area contributed by atoms with Crippen LogP contribution < -0.4 is 5.32 Å². The lowest BCUT2D eigenvalue weighted by Crippen LogP contribution is -2.14. The van der Waals surface area contributed by atoms with Crippen LogP contribution in [0.2, 0.25) is 0 Å². The zero-order valence-electron chi connectivity index (χ0n) is 14.7. The Balaban J connectivity index is 1.56. The fraction of sp³-hybridized carbons (Fsp3) is 0.0952. The van der Waals surface area contributed by atoms with Crippen LogP contribution in [0.15, 0.2) is 67.0 Å². The molecule has 0 unspecified atom stereocenters. The Labute approximate surface area is 155 Å². The summed E-state index contributed by atoms with van der Waals surface area (Å²) in [6.45, 7) is 1.98. The molecular weight excluding hydrogens is 343 g/mol. The first-order chi connectivity index (χ1) is 13.1. The van der Waals surface area contributed by atoms with E-state index in [2.05, 4.69) is 15.3 Å². The minimum Gasteiger partial charge on any atom is -0.326 e. The standard InChI is InChI=1S/C21H17FN4O/c1-14-20(25-21-23-10-3-11-26(14)21)16-4-2-5-18(13-16)24-19(27)12-15-6-8-17(22)9-7-15/h2-11,13H,12H2,1H3,(H,24,27). The quantitative estimate of drug-likeness (QED) is 0.598. The normalized spacial score (nSPS) is 10.9. The first-order valence-corrected chi connectivity index (χ1v) is 8.54. The zero-order valence-corrected chi connectivity index (χ0v) is 14.7. The molecule has 4 aromatic rings. The second kappa shape index (κ2) is 6.99. The van der Waals surface area contributed by atoms with Crippen LogP contribution in [0, 0.1) is 12.7 Å². The van der Waals surface area contributed by atoms with Crippen molar-refractivity contribution < 1.29 is 9.18 Å². The van der Waals surface area contributed by atoms with Crippen molar-refractivity contribution >= 4 is 17.4 Å². The molecule has 1 N–H and O–H groups in total. The van der Waals surface area contributed by atoms with E-state index in [1.807, 2.05) is 47.9 Å². The maximum absolute atomic E-state index is 13.0. The number of fused-ring (bicyclic) bond motifs is 1. The van der Waals surface area contributed by atoms with E-state index in [-0.39, 0.29) is 18.1 Å². The van der Waals surface area contributed by atoms with E-state index in [1.54, 1.807) is 18.3 Å². The second-order valence-corrected chi connectivity index (χ2v) is 6.27. The number of nitrogens with zero attached hydrogens (tertiary/aromatic N) is 3. The van der Waals surface area contributed by atoms with Crippen LogP contribution in [0.1, 0.15) is 11.3 Å². The molecule has 0 saturated heterocycles. The zero-order chi connectivity index (χ0) is 18.8. The number of halogens is 1. The Hall–Kier alpha value is -3.54. The summed E-state index contributed by atoms with van der Waals surface area (Å²) in [6.07, 6.45) is 3.81. The number of benzene rings is 2. The molecule has 134 valence electrons. The van der Waals surface area contributed by atoms with E-state index >= 15 is 0 Å². The fourth-order valence-electron chi connectivity index (χ4n) is 3.01. The van der Waals surface area contributed by atoms with Gasteiger partial charge in [-0.1, -0.05) is 24.3 Å². The largest absolute Gasteiger partial charge is 0.326 e. The molecule has 5 nitrogen and oxygen atoms in total. The number of nitrogens with one attached hydrogen (secondary N) is 1. The molecule has 2 heterocycles. The van der Waals surface area contributed by atoms with Crippen molar-refractivity contribution in [1.82, 2.24) is 14.4 Å². The third-order valence-corrected chi connectivity index (χ3v) is 4.34. The van der Waals surface area contributed by atoms with Gasteiger partial charge in [0.1, 0.15) is 5.82 Å². The van der Waals surface area contributed by atoms with Crippen LogP contribution in [-0.2, 0) is 11.2 Å². The number of aromatic nitrogens is 3. The van der Waals surface area contributed by atoms with Crippen molar-refractivity contribution in [3.05, 3.63) is 84.1 Å². The molecule has 6 heteroatoms. The van der Waals surface area contributed by atoms with Crippen LogP contribution in [0.5, 0.6) is 0 Å². The van der Waals surface area contributed by atoms with Crippen molar-refractivity contribution in [1.29, 1.82) is 0 Å². The highest BCUT2D eigenvalue weighted by Gasteiger charge is 2.12. The maximum atomic E-state index is 13.0. The SMILES string of the molecule is Cc1c(-c2cccc(NC(=O)Cc3ccc(F)cc3)c2)nc2ncccn12. The monoisotopic (exact) mass is 360 g/mol. The molecule has 0 saturated carbocycles. The molecule has 0 bridgehead atoms. The number of aryl methyl sites for hydroxylation is 1. The summed E-state index contributed by atoms with van der Waals surface area (Å²) in [5.74, 6) is 0.159. The Morgan fingerprint density at radius 1 is 1.15 bits per heavy atom. The van der Waals surface area contributed by atoms with Gasteiger partial charge in [0.05, 0.1) is 12.1 Å². The molecule has 0 spiro atoms. The molecule has 0 aliphatic carbocycles. The second-order valence-electron chi connectivity index (χ2n) is 6.27. The Morgan fingerprint density at radius 2 is 1.96 bits per heavy atom. The Kier molecular flexibility index (Phi) is 4.38. The van der Waals surface area contributed by atoms with Crippen LogP contribution in [0.3, 0.4) is 0 Å². The summed E-state index contributed by atoms with van der Waals surface area (Å²) in [4.78, 5) is 21.1. The average molecular weight is 360 g/mol. The van der Waals surface area contributed by atoms with Gasteiger partial charge in [0, 0.05) is 29.3 Å². The molecule has 0 radical (unpaired) electrons. The Bertz CT molecular complexity index is 1120. The molecule has 4 rings (SSSR count). The lowest BCUT2D eigenvalue weighted by atomic mass is 10.1. The summed E-state index contributed by atoms with van der Waals surface area (Å²) in [5, 5.41) is 2.89. The highest BCUT2D eigenvalue weighted by atomic mass is 19.1. The number of anilines is 1. The first kappa shape index (κ1) is 16.9. The number of amides is 1. The summed E-state index contributed by atoms with van der Waals surface area (Å²) >= 11 is 0. The highest BCUT2D eigenvalue weighted by molar-refractivity contribution is 5.93. The smallest absolute Gasteiger partial charge is 0.234 e. The maximum Gasteiger partial charge on any atom is 0.234 e. The number of hydrogen-bond acceptors (Lipinski definition) is 3. The van der Waals surface area contributed by atoms with Crippen LogP contribution >= 0.6 is 0 Å². The molecule has 27 heavy (non-hydrogen) atoms. The Morgan fingerprint density at radius 3 is 2.74 bits per heavy atom. The van der Waals surface area contributed by atoms with Crippen LogP contribution in [0.4, 0.5) is 10.1 Å². The first-order valence-electron chi connectivity index (χ1n) is 8.54. The molecule has 0 atom stereocenters. The van der Waals surface area contributed by atoms with Gasteiger partial charge in [-0.05, 0) is 42.8 Å². The number of carbonyl (C=O) groups excluding carboxylic acids is 1. The highest BCUT2D eigenvalue weighted by Crippen LogP contribution is 2.25. The van der Waals surface area contributed by atoms with Gasteiger partial charge in [-0.15, -0.1) is 0 Å². The topological polar surface area (TPSA) is 59.3 Å². The number of imidazole rings is 1. The predicted octanol–water partition coefficient (Wildman–Crippen LogP) is 4.03. The van der Waals surface area contributed by atoms with Gasteiger partial charge < -0.3 is 5.32 Å². The van der Waals surface area contributed by atoms with E-state index in [4.69, 9.17) is 0 Å². The van der Waals surface area contributed by atoms with Gasteiger partial charge >= 0.3 is 0 Å². The number of carbonyl (C=O) groups is 1. The molecule has 1 amide bonds. The van der Waals surface area contributed by atoms with E-state index < -0.39 is 0 Å². The molecule has 2 aromatic carbocycles. The lowest BCUT2D eigenvalue weighted by Gasteiger charge is -2.07. The van der Waals surface area contributed by atoms with Gasteiger partial charge in [0.25, 0.3) is 0 Å².